The number of pyridine rings is 10. The monoisotopic (exact) mass is 1600 g/mol. The van der Waals surface area contributed by atoms with Crippen molar-refractivity contribution in [3.63, 3.8) is 0 Å². The van der Waals surface area contributed by atoms with E-state index in [9.17, 15) is 22.0 Å². The second kappa shape index (κ2) is 34.3. The number of fused-ring (bicyclic) bond motifs is 5. The number of nitrogens with zero attached hydrogens (tertiary/aromatic N) is 20. The summed E-state index contributed by atoms with van der Waals surface area (Å²) in [5.74, 6) is -2.40. The molecule has 0 aliphatic rings. The Morgan fingerprint density at radius 1 is 0.274 bits per heavy atom. The summed E-state index contributed by atoms with van der Waals surface area (Å²) in [6, 6.07) is 61.8. The van der Waals surface area contributed by atoms with E-state index in [0.29, 0.717) is 72.0 Å². The first-order chi connectivity index (χ1) is 57.1. The summed E-state index contributed by atoms with van der Waals surface area (Å²) in [5, 5.41) is 13.2. The Hall–Kier alpha value is -14.8. The molecule has 15 heterocycles. The highest BCUT2D eigenvalue weighted by molar-refractivity contribution is 6.31. The van der Waals surface area contributed by atoms with Gasteiger partial charge in [0.1, 0.15) is 59.1 Å². The summed E-state index contributed by atoms with van der Waals surface area (Å²) < 4.78 is 74.7. The van der Waals surface area contributed by atoms with Crippen LogP contribution in [0.15, 0.2) is 306 Å². The van der Waals surface area contributed by atoms with Crippen molar-refractivity contribution in [2.24, 2.45) is 0 Å². The molecule has 0 amide bonds. The Morgan fingerprint density at radius 2 is 0.692 bits per heavy atom. The predicted octanol–water partition coefficient (Wildman–Crippen LogP) is 21.2. The molecule has 15 aromatic heterocycles. The molecule has 5 aromatic carbocycles. The Morgan fingerprint density at radius 3 is 1.17 bits per heavy atom. The third kappa shape index (κ3) is 17.0. The molecule has 0 spiro atoms. The van der Waals surface area contributed by atoms with Crippen molar-refractivity contribution >= 4 is 74.1 Å². The van der Waals surface area contributed by atoms with Crippen LogP contribution in [0.3, 0.4) is 0 Å². The van der Waals surface area contributed by atoms with Crippen LogP contribution < -0.4 is 0 Å². The number of aromatic nitrogens is 20. The number of aryl methyl sites for hydroxylation is 2. The largest absolute Gasteiger partial charge is 0.256 e. The van der Waals surface area contributed by atoms with Crippen LogP contribution >= 0.6 is 34.8 Å². The van der Waals surface area contributed by atoms with Gasteiger partial charge in [-0.05, 0) is 206 Å². The van der Waals surface area contributed by atoms with Crippen LogP contribution in [0.2, 0.25) is 15.1 Å². The zero-order valence-corrected chi connectivity index (χ0v) is 63.6. The lowest BCUT2D eigenvalue weighted by atomic mass is 9.98. The van der Waals surface area contributed by atoms with Gasteiger partial charge in [0.2, 0.25) is 0 Å². The SMILES string of the molecule is Cc1cc(-c2ncccc2-c2ccc3nccnc3n2)ccc1F.Cc1ccc(F)c(-c2ncccc2-c2ccn3ncnc3c2)c1.Clc1cccc(-c2ncccc2-c2ccc3nccnc3n2)c1.Fc1cc(F)c(-c2ncccc2-c2ccn3ncnc3c2)cc1Cl.Fc1ccc(Cl)cc1-c1ncccc1-c1ccn2ncnc2c1. The van der Waals surface area contributed by atoms with Crippen LogP contribution in [-0.4, -0.2) is 98.6 Å². The molecular weight excluding hydrogens is 1550 g/mol. The van der Waals surface area contributed by atoms with Gasteiger partial charge in [0.05, 0.1) is 44.9 Å². The average Bonchev–Trinajstić information content (AvgIpc) is 1.67. The van der Waals surface area contributed by atoms with E-state index in [-0.39, 0.29) is 28.0 Å². The first-order valence-corrected chi connectivity index (χ1v) is 36.9. The zero-order chi connectivity index (χ0) is 80.5. The van der Waals surface area contributed by atoms with E-state index in [2.05, 4.69) is 85.1 Å². The molecule has 0 radical (unpaired) electrons. The predicted molar refractivity (Wildman–Crippen MR) is 441 cm³/mol. The van der Waals surface area contributed by atoms with Gasteiger partial charge in [-0.1, -0.05) is 76.8 Å². The highest BCUT2D eigenvalue weighted by Gasteiger charge is 2.21. The molecule has 0 bridgehead atoms. The summed E-state index contributed by atoms with van der Waals surface area (Å²) in [6.07, 6.45) is 24.7. The molecule has 0 fully saturated rings. The second-order valence-electron chi connectivity index (χ2n) is 26.0. The average molecular weight is 1610 g/mol. The smallest absolute Gasteiger partial charge is 0.178 e. The minimum absolute atomic E-state index is 0.137. The molecule has 0 unspecified atom stereocenters. The Bertz CT molecular complexity index is 6910. The van der Waals surface area contributed by atoms with E-state index in [1.165, 1.54) is 49.3 Å². The third-order valence-corrected chi connectivity index (χ3v) is 19.1. The fourth-order valence-electron chi connectivity index (χ4n) is 12.8. The molecule has 28 heteroatoms. The van der Waals surface area contributed by atoms with Crippen molar-refractivity contribution in [1.29, 1.82) is 0 Å². The molecular formula is C89H56Cl3F5N20. The fraction of sp³-hybridized carbons (Fsp3) is 0.0225. The van der Waals surface area contributed by atoms with Crippen LogP contribution in [0.5, 0.6) is 0 Å². The summed E-state index contributed by atoms with van der Waals surface area (Å²) in [6.45, 7) is 3.68. The van der Waals surface area contributed by atoms with Crippen LogP contribution in [0.4, 0.5) is 22.0 Å². The lowest BCUT2D eigenvalue weighted by molar-refractivity contribution is 0.585. The summed E-state index contributed by atoms with van der Waals surface area (Å²) in [5.41, 5.74) is 20.7. The lowest BCUT2D eigenvalue weighted by Gasteiger charge is -2.10. The summed E-state index contributed by atoms with van der Waals surface area (Å²) >= 11 is 17.9. The van der Waals surface area contributed by atoms with E-state index in [0.717, 1.165) is 101 Å². The highest BCUT2D eigenvalue weighted by Crippen LogP contribution is 2.39. The zero-order valence-electron chi connectivity index (χ0n) is 61.3. The van der Waals surface area contributed by atoms with Crippen LogP contribution in [0.25, 0.3) is 151 Å². The van der Waals surface area contributed by atoms with Gasteiger partial charge < -0.3 is 0 Å². The van der Waals surface area contributed by atoms with Crippen molar-refractivity contribution in [1.82, 2.24) is 98.6 Å². The van der Waals surface area contributed by atoms with Gasteiger partial charge in [-0.25, -0.2) is 70.4 Å². The Balaban J connectivity index is 0.000000110. The Kier molecular flexibility index (Phi) is 22.3. The maximum Gasteiger partial charge on any atom is 0.178 e. The number of benzene rings is 5. The van der Waals surface area contributed by atoms with Gasteiger partial charge >= 0.3 is 0 Å². The standard InChI is InChI=1S/C19H13FN4.C18H11ClN4.C18H13FN4.C17H9ClF2N4.C17H10ClFN4/c1-12-11-13(4-5-15(12)20)18-14(3-2-8-22-18)16-6-7-17-19(24-16)23-10-9-21-17;19-13-4-1-3-12(11-13)17-14(5-2-8-21-17)15-6-7-16-18(23-15)22-10-9-20-16;1-12-4-5-16(19)15(9-12)18-14(3-2-7-20-18)13-6-8-23-17(10-13)21-11-22-23;18-13-7-12(14(19)8-15(13)20)17-11(2-1-4-21-17)10-3-5-24-16(6-10)22-9-23-24;18-12-3-4-15(19)14(9-12)17-13(2-1-6-20-17)11-5-7-23-16(8-11)21-10-22-23/h2-11H,1H3;1-11H;2-11H,1H3;1-9H;1-10H. The van der Waals surface area contributed by atoms with Gasteiger partial charge in [-0.3, -0.25) is 34.9 Å². The molecule has 0 atom stereocenters. The highest BCUT2D eigenvalue weighted by atomic mass is 35.5. The number of hydrogen-bond donors (Lipinski definition) is 0. The molecule has 20 rings (SSSR count). The number of hydrogen-bond acceptors (Lipinski definition) is 17. The molecule has 0 N–H and O–H groups in total. The normalized spacial score (nSPS) is 11.0. The lowest BCUT2D eigenvalue weighted by Crippen LogP contribution is -1.95. The van der Waals surface area contributed by atoms with E-state index in [4.69, 9.17) is 34.8 Å². The maximum atomic E-state index is 14.3. The van der Waals surface area contributed by atoms with E-state index >= 15 is 0 Å². The van der Waals surface area contributed by atoms with Crippen molar-refractivity contribution in [2.45, 2.75) is 13.8 Å². The molecule has 0 saturated heterocycles. The molecule has 568 valence electrons. The summed E-state index contributed by atoms with van der Waals surface area (Å²) in [4.78, 5) is 60.7. The summed E-state index contributed by atoms with van der Waals surface area (Å²) in [7, 11) is 0. The van der Waals surface area contributed by atoms with Crippen molar-refractivity contribution in [3.8, 4) is 112 Å². The van der Waals surface area contributed by atoms with Crippen LogP contribution in [-0.2, 0) is 0 Å². The molecule has 117 heavy (non-hydrogen) atoms. The molecule has 0 saturated carbocycles. The molecule has 20 nitrogen and oxygen atoms in total. The minimum atomic E-state index is -0.805. The molecule has 0 aliphatic heterocycles. The number of halogens is 8. The molecule has 20 aromatic rings. The van der Waals surface area contributed by atoms with Crippen LogP contribution in [0.1, 0.15) is 11.1 Å². The van der Waals surface area contributed by atoms with Crippen LogP contribution in [0, 0.1) is 42.9 Å². The second-order valence-corrected chi connectivity index (χ2v) is 27.2. The van der Waals surface area contributed by atoms with Gasteiger partial charge in [-0.2, -0.15) is 15.3 Å². The van der Waals surface area contributed by atoms with E-state index in [1.54, 1.807) is 119 Å². The van der Waals surface area contributed by atoms with E-state index in [1.807, 2.05) is 159 Å². The van der Waals surface area contributed by atoms with Crippen molar-refractivity contribution in [3.05, 3.63) is 361 Å². The molecule has 0 aliphatic carbocycles. The minimum Gasteiger partial charge on any atom is -0.256 e. The topological polar surface area (TPSA) is 232 Å². The van der Waals surface area contributed by atoms with Gasteiger partial charge in [0.15, 0.2) is 28.2 Å². The van der Waals surface area contributed by atoms with Crippen molar-refractivity contribution in [2.75, 3.05) is 0 Å². The van der Waals surface area contributed by atoms with E-state index < -0.39 is 11.6 Å². The fourth-order valence-corrected chi connectivity index (χ4v) is 13.4. The van der Waals surface area contributed by atoms with Crippen molar-refractivity contribution < 1.29 is 22.0 Å². The first kappa shape index (κ1) is 76.2. The third-order valence-electron chi connectivity index (χ3n) is 18.4. The first-order valence-electron chi connectivity index (χ1n) is 35.8. The van der Waals surface area contributed by atoms with Gasteiger partial charge in [0, 0.05) is 146 Å². The number of rotatable bonds is 10. The van der Waals surface area contributed by atoms with Gasteiger partial charge in [0.25, 0.3) is 0 Å². The maximum absolute atomic E-state index is 14.3. The quantitative estimate of drug-likeness (QED) is 0.0914. The van der Waals surface area contributed by atoms with Gasteiger partial charge in [-0.15, -0.1) is 0 Å². The Labute approximate surface area is 677 Å².